The maximum Gasteiger partial charge on any atom is 0.227 e. The molecule has 0 bridgehead atoms. The zero-order chi connectivity index (χ0) is 17.6. The van der Waals surface area contributed by atoms with Crippen molar-refractivity contribution in [3.05, 3.63) is 74.7 Å². The van der Waals surface area contributed by atoms with Gasteiger partial charge in [-0.15, -0.1) is 0 Å². The maximum absolute atomic E-state index is 12.2. The van der Waals surface area contributed by atoms with Crippen molar-refractivity contribution in [2.45, 2.75) is 12.3 Å². The predicted octanol–water partition coefficient (Wildman–Crippen LogP) is 5.58. The smallest absolute Gasteiger partial charge is 0.227 e. The number of halogens is 3. The van der Waals surface area contributed by atoms with Crippen LogP contribution in [0.1, 0.15) is 23.5 Å². The van der Waals surface area contributed by atoms with E-state index < -0.39 is 0 Å². The summed E-state index contributed by atoms with van der Waals surface area (Å²) < 4.78 is 0. The lowest BCUT2D eigenvalue weighted by atomic mass is 9.71. The van der Waals surface area contributed by atoms with Gasteiger partial charge in [-0.25, -0.2) is 0 Å². The topological polar surface area (TPSA) is 29.1 Å². The second-order valence-electron chi connectivity index (χ2n) is 6.62. The normalized spacial score (nSPS) is 25.3. The molecule has 1 heterocycles. The lowest BCUT2D eigenvalue weighted by Crippen LogP contribution is -2.23. The Balaban J connectivity index is 1.83. The Kier molecular flexibility index (Phi) is 4.53. The summed E-state index contributed by atoms with van der Waals surface area (Å²) in [6.07, 6.45) is 2.99. The number of hydrogen-bond donors (Lipinski definition) is 1. The van der Waals surface area contributed by atoms with Crippen LogP contribution in [0, 0.1) is 11.8 Å². The van der Waals surface area contributed by atoms with Crippen LogP contribution in [0.15, 0.2) is 48.5 Å². The van der Waals surface area contributed by atoms with Crippen LogP contribution in [0.3, 0.4) is 0 Å². The average molecular weight is 393 g/mol. The Morgan fingerprint density at radius 2 is 1.68 bits per heavy atom. The zero-order valence-corrected chi connectivity index (χ0v) is 15.6. The fraction of sp³-hybridized carbons (Fsp3) is 0.250. The lowest BCUT2D eigenvalue weighted by Gasteiger charge is -2.31. The molecule has 128 valence electrons. The molecule has 0 radical (unpaired) electrons. The molecule has 2 aromatic carbocycles. The SMILES string of the molecule is O=C1NC[C@H]2C[C@@H](c3ccc(Cl)cc3)C(c3ccc(Cl)cc3Cl)=C[C@@H]12. The van der Waals surface area contributed by atoms with Gasteiger partial charge in [0.05, 0.1) is 5.92 Å². The highest BCUT2D eigenvalue weighted by Gasteiger charge is 2.40. The molecule has 0 unspecified atom stereocenters. The van der Waals surface area contributed by atoms with E-state index in [9.17, 15) is 4.79 Å². The van der Waals surface area contributed by atoms with Crippen LogP contribution < -0.4 is 5.32 Å². The minimum atomic E-state index is -0.0923. The standard InChI is InChI=1S/C20H16Cl3NO/c21-13-3-1-11(2-4-13)16-7-12-10-24-20(25)17(12)9-18(16)15-6-5-14(22)8-19(15)23/h1-6,8-9,12,16-17H,7,10H2,(H,24,25)/t12-,16+,17-/m1/s1. The number of hydrogen-bond acceptors (Lipinski definition) is 1. The Morgan fingerprint density at radius 1 is 0.960 bits per heavy atom. The number of fused-ring (bicyclic) bond motifs is 1. The van der Waals surface area contributed by atoms with Crippen LogP contribution in [0.25, 0.3) is 5.57 Å². The van der Waals surface area contributed by atoms with Crippen molar-refractivity contribution in [3.63, 3.8) is 0 Å². The molecule has 1 fully saturated rings. The van der Waals surface area contributed by atoms with Gasteiger partial charge < -0.3 is 5.32 Å². The Labute approximate surface area is 161 Å². The van der Waals surface area contributed by atoms with E-state index in [1.165, 1.54) is 5.56 Å². The van der Waals surface area contributed by atoms with Crippen molar-refractivity contribution >= 4 is 46.3 Å². The molecule has 1 N–H and O–H groups in total. The van der Waals surface area contributed by atoms with Gasteiger partial charge >= 0.3 is 0 Å². The number of benzene rings is 2. The first-order valence-corrected chi connectivity index (χ1v) is 9.36. The fourth-order valence-electron chi connectivity index (χ4n) is 3.88. The highest BCUT2D eigenvalue weighted by molar-refractivity contribution is 6.35. The highest BCUT2D eigenvalue weighted by atomic mass is 35.5. The van der Waals surface area contributed by atoms with E-state index in [0.717, 1.165) is 24.1 Å². The molecular weight excluding hydrogens is 377 g/mol. The molecule has 4 rings (SSSR count). The summed E-state index contributed by atoms with van der Waals surface area (Å²) in [4.78, 5) is 12.2. The van der Waals surface area contributed by atoms with Crippen LogP contribution in [0.2, 0.25) is 15.1 Å². The molecule has 0 saturated carbocycles. The summed E-state index contributed by atoms with van der Waals surface area (Å²) in [5.41, 5.74) is 3.20. The quantitative estimate of drug-likeness (QED) is 0.710. The second kappa shape index (κ2) is 6.68. The first-order valence-electron chi connectivity index (χ1n) is 8.23. The first kappa shape index (κ1) is 17.0. The summed E-state index contributed by atoms with van der Waals surface area (Å²) in [6.45, 7) is 0.728. The van der Waals surface area contributed by atoms with Gasteiger partial charge in [-0.3, -0.25) is 4.79 Å². The van der Waals surface area contributed by atoms with E-state index in [4.69, 9.17) is 34.8 Å². The van der Waals surface area contributed by atoms with Gasteiger partial charge in [0.25, 0.3) is 0 Å². The first-order chi connectivity index (χ1) is 12.0. The van der Waals surface area contributed by atoms with Crippen molar-refractivity contribution in [1.29, 1.82) is 0 Å². The summed E-state index contributed by atoms with van der Waals surface area (Å²) in [5.74, 6) is 0.486. The van der Waals surface area contributed by atoms with Crippen LogP contribution in [-0.4, -0.2) is 12.5 Å². The van der Waals surface area contributed by atoms with Gasteiger partial charge in [-0.2, -0.15) is 0 Å². The van der Waals surface area contributed by atoms with Crippen LogP contribution in [-0.2, 0) is 4.79 Å². The minimum Gasteiger partial charge on any atom is -0.355 e. The monoisotopic (exact) mass is 391 g/mol. The van der Waals surface area contributed by atoms with Crippen molar-refractivity contribution in [2.75, 3.05) is 6.54 Å². The number of nitrogens with one attached hydrogen (secondary N) is 1. The fourth-order valence-corrected chi connectivity index (χ4v) is 4.53. The molecule has 2 aromatic rings. The number of carbonyl (C=O) groups is 1. The van der Waals surface area contributed by atoms with E-state index in [1.807, 2.05) is 24.3 Å². The maximum atomic E-state index is 12.2. The zero-order valence-electron chi connectivity index (χ0n) is 13.3. The van der Waals surface area contributed by atoms with Crippen molar-refractivity contribution in [1.82, 2.24) is 5.32 Å². The Hall–Kier alpha value is -1.48. The molecule has 0 spiro atoms. The average Bonchev–Trinajstić information content (AvgIpc) is 2.95. The minimum absolute atomic E-state index is 0.0923. The van der Waals surface area contributed by atoms with E-state index in [1.54, 1.807) is 6.07 Å². The van der Waals surface area contributed by atoms with Crippen molar-refractivity contribution in [3.8, 4) is 0 Å². The molecule has 1 saturated heterocycles. The van der Waals surface area contributed by atoms with Gasteiger partial charge in [0, 0.05) is 27.5 Å². The highest BCUT2D eigenvalue weighted by Crippen LogP contribution is 2.47. The number of allylic oxidation sites excluding steroid dienone is 1. The van der Waals surface area contributed by atoms with Crippen LogP contribution in [0.4, 0.5) is 0 Å². The molecule has 2 nitrogen and oxygen atoms in total. The van der Waals surface area contributed by atoms with Crippen LogP contribution >= 0.6 is 34.8 Å². The van der Waals surface area contributed by atoms with Gasteiger partial charge in [0.2, 0.25) is 5.91 Å². The number of carbonyl (C=O) groups excluding carboxylic acids is 1. The van der Waals surface area contributed by atoms with E-state index >= 15 is 0 Å². The third-order valence-electron chi connectivity index (χ3n) is 5.14. The Morgan fingerprint density at radius 3 is 2.40 bits per heavy atom. The Bertz CT molecular complexity index is 860. The molecule has 1 aliphatic heterocycles. The summed E-state index contributed by atoms with van der Waals surface area (Å²) >= 11 is 18.6. The molecule has 2 aliphatic rings. The third-order valence-corrected chi connectivity index (χ3v) is 5.94. The molecular formula is C20H16Cl3NO. The van der Waals surface area contributed by atoms with Crippen molar-refractivity contribution < 1.29 is 4.79 Å². The van der Waals surface area contributed by atoms with Gasteiger partial charge in [-0.05, 0) is 53.3 Å². The number of amides is 1. The largest absolute Gasteiger partial charge is 0.355 e. The van der Waals surface area contributed by atoms with E-state index in [0.29, 0.717) is 21.0 Å². The molecule has 1 aliphatic carbocycles. The summed E-state index contributed by atoms with van der Waals surface area (Å²) in [6, 6.07) is 13.4. The molecule has 3 atom stereocenters. The lowest BCUT2D eigenvalue weighted by molar-refractivity contribution is -0.121. The van der Waals surface area contributed by atoms with Gasteiger partial charge in [0.1, 0.15) is 0 Å². The number of rotatable bonds is 2. The van der Waals surface area contributed by atoms with Crippen LogP contribution in [0.5, 0.6) is 0 Å². The van der Waals surface area contributed by atoms with E-state index in [-0.39, 0.29) is 17.7 Å². The predicted molar refractivity (Wildman–Crippen MR) is 103 cm³/mol. The summed E-state index contributed by atoms with van der Waals surface area (Å²) in [7, 11) is 0. The van der Waals surface area contributed by atoms with E-state index in [2.05, 4.69) is 23.5 Å². The third kappa shape index (κ3) is 3.19. The molecule has 0 aromatic heterocycles. The molecule has 25 heavy (non-hydrogen) atoms. The molecule has 5 heteroatoms. The van der Waals surface area contributed by atoms with Gasteiger partial charge in [-0.1, -0.05) is 59.1 Å². The summed E-state index contributed by atoms with van der Waals surface area (Å²) in [5, 5.41) is 4.90. The van der Waals surface area contributed by atoms with Crippen molar-refractivity contribution in [2.24, 2.45) is 11.8 Å². The second-order valence-corrected chi connectivity index (χ2v) is 7.90. The molecule has 1 amide bonds. The van der Waals surface area contributed by atoms with Gasteiger partial charge in [0.15, 0.2) is 0 Å².